The monoisotopic (exact) mass is 425 g/mol. The maximum absolute atomic E-state index is 5.14. The van der Waals surface area contributed by atoms with Gasteiger partial charge >= 0.3 is 0 Å². The summed E-state index contributed by atoms with van der Waals surface area (Å²) in [5, 5.41) is 4.52. The molecule has 2 heterocycles. The predicted octanol–water partition coefficient (Wildman–Crippen LogP) is 3.65. The molecule has 0 fully saturated rings. The molecule has 2 aromatic heterocycles. The summed E-state index contributed by atoms with van der Waals surface area (Å²) < 4.78 is 8.04. The third-order valence-electron chi connectivity index (χ3n) is 2.19. The molecule has 90 valence electrons. The quantitative estimate of drug-likeness (QED) is 0.554. The zero-order chi connectivity index (χ0) is 12.3. The molecule has 0 amide bonds. The van der Waals surface area contributed by atoms with Gasteiger partial charge in [0.05, 0.1) is 24.4 Å². The first-order valence-corrected chi connectivity index (χ1v) is 9.67. The molecule has 0 aliphatic rings. The number of nitrogens with zero attached hydrogens (tertiary/aromatic N) is 3. The van der Waals surface area contributed by atoms with Crippen molar-refractivity contribution in [2.45, 2.75) is 6.61 Å². The Balaban J connectivity index is 2.44. The largest absolute Gasteiger partial charge is 0.378 e. The molecule has 0 saturated heterocycles. The Morgan fingerprint density at radius 2 is 2.41 bits per heavy atom. The number of pyridine rings is 1. The molecule has 0 aliphatic carbocycles. The highest BCUT2D eigenvalue weighted by Crippen LogP contribution is 2.32. The van der Waals surface area contributed by atoms with E-state index in [2.05, 4.69) is 48.1 Å². The van der Waals surface area contributed by atoms with Crippen LogP contribution in [0.2, 0.25) is 0 Å². The van der Waals surface area contributed by atoms with E-state index in [0.717, 1.165) is 21.6 Å². The SMILES string of the molecule is COCc1ncccc1-c1cc(Br)n(PI)n1. The first-order valence-electron chi connectivity index (χ1n) is 4.81. The molecule has 0 aromatic carbocycles. The highest BCUT2D eigenvalue weighted by Gasteiger charge is 2.11. The van der Waals surface area contributed by atoms with Gasteiger partial charge in [-0.25, -0.2) is 4.45 Å². The Kier molecular flexibility index (Phi) is 4.90. The van der Waals surface area contributed by atoms with Crippen molar-refractivity contribution in [1.82, 2.24) is 14.5 Å². The van der Waals surface area contributed by atoms with Crippen LogP contribution in [0.3, 0.4) is 0 Å². The number of ether oxygens (including phenoxy) is 1. The molecular formula is C10H10BrIN3OP. The van der Waals surface area contributed by atoms with E-state index in [1.54, 1.807) is 13.3 Å². The summed E-state index contributed by atoms with van der Waals surface area (Å²) in [5.74, 6) is 0. The molecule has 17 heavy (non-hydrogen) atoms. The van der Waals surface area contributed by atoms with Crippen molar-refractivity contribution in [2.24, 2.45) is 0 Å². The van der Waals surface area contributed by atoms with E-state index in [1.165, 1.54) is 0 Å². The minimum atomic E-state index is 0.493. The summed E-state index contributed by atoms with van der Waals surface area (Å²) in [6, 6.07) is 5.92. The van der Waals surface area contributed by atoms with E-state index < -0.39 is 0 Å². The third kappa shape index (κ3) is 3.05. The Morgan fingerprint density at radius 3 is 3.06 bits per heavy atom. The van der Waals surface area contributed by atoms with Crippen molar-refractivity contribution in [3.05, 3.63) is 34.7 Å². The molecule has 7 heteroatoms. The number of rotatable bonds is 4. The molecule has 2 aromatic rings. The van der Waals surface area contributed by atoms with Crippen LogP contribution in [-0.4, -0.2) is 21.6 Å². The van der Waals surface area contributed by atoms with Crippen molar-refractivity contribution in [1.29, 1.82) is 0 Å². The maximum Gasteiger partial charge on any atom is 0.109 e. The molecule has 0 bridgehead atoms. The molecular weight excluding hydrogens is 416 g/mol. The fraction of sp³-hybridized carbons (Fsp3) is 0.200. The van der Waals surface area contributed by atoms with Crippen LogP contribution < -0.4 is 0 Å². The summed E-state index contributed by atoms with van der Waals surface area (Å²) in [5.41, 5.74) is 2.84. The summed E-state index contributed by atoms with van der Waals surface area (Å²) in [6.07, 6.45) is 2.34. The van der Waals surface area contributed by atoms with Crippen LogP contribution in [-0.2, 0) is 11.3 Å². The second-order valence-electron chi connectivity index (χ2n) is 3.28. The molecule has 0 spiro atoms. The Morgan fingerprint density at radius 1 is 1.59 bits per heavy atom. The molecule has 1 unspecified atom stereocenters. The lowest BCUT2D eigenvalue weighted by atomic mass is 10.1. The van der Waals surface area contributed by atoms with Gasteiger partial charge < -0.3 is 4.74 Å². The first-order chi connectivity index (χ1) is 8.26. The van der Waals surface area contributed by atoms with Crippen LogP contribution in [0.4, 0.5) is 0 Å². The lowest BCUT2D eigenvalue weighted by Crippen LogP contribution is -1.96. The minimum absolute atomic E-state index is 0.493. The molecule has 0 saturated carbocycles. The first kappa shape index (κ1) is 13.4. The lowest BCUT2D eigenvalue weighted by Gasteiger charge is -2.04. The van der Waals surface area contributed by atoms with Crippen molar-refractivity contribution in [2.75, 3.05) is 7.11 Å². The zero-order valence-electron chi connectivity index (χ0n) is 9.02. The smallest absolute Gasteiger partial charge is 0.109 e. The Bertz CT molecular complexity index is 520. The van der Waals surface area contributed by atoms with Crippen LogP contribution in [0.15, 0.2) is 29.0 Å². The fourth-order valence-corrected chi connectivity index (χ4v) is 4.42. The summed E-state index contributed by atoms with van der Waals surface area (Å²) in [7, 11) is 1.67. The van der Waals surface area contributed by atoms with Crippen molar-refractivity contribution in [3.8, 4) is 11.3 Å². The summed E-state index contributed by atoms with van der Waals surface area (Å²) in [4.78, 5) is 4.32. The summed E-state index contributed by atoms with van der Waals surface area (Å²) in [6.45, 7) is 0.493. The number of hydrogen-bond donors (Lipinski definition) is 0. The Labute approximate surface area is 123 Å². The van der Waals surface area contributed by atoms with E-state index in [-0.39, 0.29) is 0 Å². The van der Waals surface area contributed by atoms with Gasteiger partial charge in [0.15, 0.2) is 0 Å². The lowest BCUT2D eigenvalue weighted by molar-refractivity contribution is 0.182. The van der Waals surface area contributed by atoms with E-state index in [9.17, 15) is 0 Å². The van der Waals surface area contributed by atoms with Gasteiger partial charge in [0, 0.05) is 18.9 Å². The summed E-state index contributed by atoms with van der Waals surface area (Å²) >= 11 is 5.78. The van der Waals surface area contributed by atoms with E-state index >= 15 is 0 Å². The molecule has 2 rings (SSSR count). The van der Waals surface area contributed by atoms with Gasteiger partial charge in [-0.15, -0.1) is 0 Å². The van der Waals surface area contributed by atoms with Gasteiger partial charge in [0.2, 0.25) is 0 Å². The van der Waals surface area contributed by atoms with E-state index in [0.29, 0.717) is 13.0 Å². The van der Waals surface area contributed by atoms with Gasteiger partial charge in [-0.3, -0.25) is 4.98 Å². The molecule has 4 nitrogen and oxygen atoms in total. The topological polar surface area (TPSA) is 39.9 Å². The average Bonchev–Trinajstić information content (AvgIpc) is 2.71. The van der Waals surface area contributed by atoms with Gasteiger partial charge in [-0.2, -0.15) is 5.10 Å². The minimum Gasteiger partial charge on any atom is -0.378 e. The van der Waals surface area contributed by atoms with Crippen LogP contribution in [0, 0.1) is 0 Å². The molecule has 0 radical (unpaired) electrons. The van der Waals surface area contributed by atoms with Gasteiger partial charge in [0.25, 0.3) is 0 Å². The number of methoxy groups -OCH3 is 1. The number of aromatic nitrogens is 3. The number of halogens is 2. The number of hydrogen-bond acceptors (Lipinski definition) is 3. The molecule has 1 atom stereocenters. The van der Waals surface area contributed by atoms with Gasteiger partial charge in [-0.1, -0.05) is 0 Å². The van der Waals surface area contributed by atoms with Crippen molar-refractivity contribution < 1.29 is 4.74 Å². The molecule has 0 N–H and O–H groups in total. The standard InChI is InChI=1S/C10H10BrIN3OP/c1-16-6-9-7(3-2-4-13-9)8-5-10(11)15(14-8)17-12/h2-5,17H,6H2,1H3. The highest BCUT2D eigenvalue weighted by atomic mass is 127. The van der Waals surface area contributed by atoms with Crippen LogP contribution >= 0.6 is 44.3 Å². The predicted molar refractivity (Wildman–Crippen MR) is 81.6 cm³/mol. The van der Waals surface area contributed by atoms with E-state index in [1.807, 2.05) is 22.7 Å². The van der Waals surface area contributed by atoms with Gasteiger partial charge in [0.1, 0.15) is 4.60 Å². The van der Waals surface area contributed by atoms with Gasteiger partial charge in [-0.05, 0) is 56.2 Å². The molecule has 0 aliphatic heterocycles. The van der Waals surface area contributed by atoms with Crippen molar-refractivity contribution >= 4 is 44.3 Å². The zero-order valence-corrected chi connectivity index (χ0v) is 13.8. The van der Waals surface area contributed by atoms with Crippen LogP contribution in [0.25, 0.3) is 11.3 Å². The average molecular weight is 426 g/mol. The van der Waals surface area contributed by atoms with E-state index in [4.69, 9.17) is 4.74 Å². The maximum atomic E-state index is 5.14. The third-order valence-corrected chi connectivity index (χ3v) is 4.96. The Hall–Kier alpha value is -0.0400. The second-order valence-corrected chi connectivity index (χ2v) is 6.13. The highest BCUT2D eigenvalue weighted by molar-refractivity contribution is 14.2. The van der Waals surface area contributed by atoms with Crippen LogP contribution in [0.5, 0.6) is 0 Å². The van der Waals surface area contributed by atoms with Crippen molar-refractivity contribution in [3.63, 3.8) is 0 Å². The fourth-order valence-electron chi connectivity index (χ4n) is 1.47. The normalized spacial score (nSPS) is 11.5. The second kappa shape index (κ2) is 6.22. The van der Waals surface area contributed by atoms with Crippen LogP contribution in [0.1, 0.15) is 5.69 Å².